The summed E-state index contributed by atoms with van der Waals surface area (Å²) < 4.78 is 0. The fourth-order valence-corrected chi connectivity index (χ4v) is 2.73. The molecule has 1 heterocycles. The summed E-state index contributed by atoms with van der Waals surface area (Å²) in [5, 5.41) is 7.24. The Morgan fingerprint density at radius 2 is 1.76 bits per heavy atom. The molecule has 3 aromatic rings. The summed E-state index contributed by atoms with van der Waals surface area (Å²) in [4.78, 5) is 29.0. The Hall–Kier alpha value is -3.51. The molecule has 0 spiro atoms. The van der Waals surface area contributed by atoms with E-state index in [1.54, 1.807) is 37.4 Å². The van der Waals surface area contributed by atoms with Gasteiger partial charge >= 0.3 is 0 Å². The van der Waals surface area contributed by atoms with Crippen LogP contribution in [0.25, 0.3) is 0 Å². The molecule has 2 amide bonds. The highest BCUT2D eigenvalue weighted by molar-refractivity contribution is 6.31. The Morgan fingerprint density at radius 1 is 1.00 bits per heavy atom. The average Bonchev–Trinajstić information content (AvgIpc) is 2.74. The molecule has 0 fully saturated rings. The van der Waals surface area contributed by atoms with Crippen molar-refractivity contribution in [1.29, 1.82) is 0 Å². The number of nitrogens with zero attached hydrogens (tertiary/aromatic N) is 2. The number of hydrogen-bond acceptors (Lipinski definition) is 4. The highest BCUT2D eigenvalue weighted by atomic mass is 35.5. The molecule has 2 N–H and O–H groups in total. The van der Waals surface area contributed by atoms with Gasteiger partial charge in [0.05, 0.1) is 22.5 Å². The number of carbonyl (C=O) groups is 2. The van der Waals surface area contributed by atoms with Crippen LogP contribution in [0.4, 0.5) is 5.69 Å². The van der Waals surface area contributed by atoms with Crippen molar-refractivity contribution >= 4 is 34.8 Å². The Morgan fingerprint density at radius 3 is 2.45 bits per heavy atom. The molecule has 0 unspecified atom stereocenters. The van der Waals surface area contributed by atoms with Crippen LogP contribution in [0.3, 0.4) is 0 Å². The highest BCUT2D eigenvalue weighted by Crippen LogP contribution is 2.21. The lowest BCUT2D eigenvalue weighted by Gasteiger charge is -2.11. The molecular weight excluding hydrogens is 388 g/mol. The van der Waals surface area contributed by atoms with E-state index in [9.17, 15) is 9.59 Å². The zero-order chi connectivity index (χ0) is 20.8. The van der Waals surface area contributed by atoms with E-state index in [4.69, 9.17) is 11.6 Å². The van der Waals surface area contributed by atoms with Crippen LogP contribution in [-0.4, -0.2) is 22.5 Å². The summed E-state index contributed by atoms with van der Waals surface area (Å²) in [6, 6.07) is 15.7. The molecule has 3 rings (SSSR count). The molecule has 0 aliphatic carbocycles. The minimum atomic E-state index is -0.486. The third kappa shape index (κ3) is 5.27. The van der Waals surface area contributed by atoms with Gasteiger partial charge in [-0.15, -0.1) is 0 Å². The second-order valence-electron chi connectivity index (χ2n) is 6.39. The van der Waals surface area contributed by atoms with Gasteiger partial charge in [0.15, 0.2) is 0 Å². The van der Waals surface area contributed by atoms with E-state index in [2.05, 4.69) is 20.8 Å². The molecule has 2 aromatic carbocycles. The summed E-state index contributed by atoms with van der Waals surface area (Å²) in [5.74, 6) is -0.866. The summed E-state index contributed by atoms with van der Waals surface area (Å²) in [6.45, 7) is 3.80. The topological polar surface area (TPSA) is 83.5 Å². The number of halogens is 1. The van der Waals surface area contributed by atoms with Crippen LogP contribution < -0.4 is 10.7 Å². The van der Waals surface area contributed by atoms with E-state index < -0.39 is 5.91 Å². The maximum absolute atomic E-state index is 12.7. The van der Waals surface area contributed by atoms with Gasteiger partial charge in [-0.05, 0) is 49.7 Å². The third-order valence-corrected chi connectivity index (χ3v) is 4.43. The first-order valence-electron chi connectivity index (χ1n) is 8.86. The van der Waals surface area contributed by atoms with E-state index in [0.717, 1.165) is 11.1 Å². The number of amides is 2. The van der Waals surface area contributed by atoms with Gasteiger partial charge in [0.1, 0.15) is 0 Å². The van der Waals surface area contributed by atoms with E-state index in [-0.39, 0.29) is 11.5 Å². The normalized spacial score (nSPS) is 11.1. The van der Waals surface area contributed by atoms with Crippen LogP contribution in [0.5, 0.6) is 0 Å². The maximum atomic E-state index is 12.7. The number of rotatable bonds is 5. The number of hydrogen-bond donors (Lipinski definition) is 2. The maximum Gasteiger partial charge on any atom is 0.273 e. The minimum absolute atomic E-state index is 0.204. The largest absolute Gasteiger partial charge is 0.321 e. The number of nitrogens with one attached hydrogen (secondary N) is 2. The Bertz CT molecular complexity index is 1060. The van der Waals surface area contributed by atoms with Crippen LogP contribution in [0.15, 0.2) is 72.1 Å². The first-order chi connectivity index (χ1) is 13.9. The standard InChI is InChI=1S/C22H19ClN4O2/c1-14-5-7-16(8-6-14)15(2)26-27-22(29)19-12-18(23)9-10-20(19)25-21(28)17-4-3-11-24-13-17/h3-13H,1-2H3,(H,25,28)(H,27,29). The van der Waals surface area contributed by atoms with Gasteiger partial charge in [-0.25, -0.2) is 5.43 Å². The number of pyridine rings is 1. The SMILES string of the molecule is CC(=NNC(=O)c1cc(Cl)ccc1NC(=O)c1cccnc1)c1ccc(C)cc1. The van der Waals surface area contributed by atoms with Gasteiger partial charge in [0.2, 0.25) is 0 Å². The van der Waals surface area contributed by atoms with Crippen LogP contribution in [-0.2, 0) is 0 Å². The Kier molecular flexibility index (Phi) is 6.36. The number of aryl methyl sites for hydroxylation is 1. The molecule has 29 heavy (non-hydrogen) atoms. The zero-order valence-corrected chi connectivity index (χ0v) is 16.7. The predicted molar refractivity (Wildman–Crippen MR) is 114 cm³/mol. The summed E-state index contributed by atoms with van der Waals surface area (Å²) in [5.41, 5.74) is 6.11. The van der Waals surface area contributed by atoms with Crippen molar-refractivity contribution in [1.82, 2.24) is 10.4 Å². The molecule has 0 aliphatic heterocycles. The van der Waals surface area contributed by atoms with E-state index in [1.807, 2.05) is 31.2 Å². The van der Waals surface area contributed by atoms with Gasteiger partial charge in [-0.2, -0.15) is 5.10 Å². The van der Waals surface area contributed by atoms with Gasteiger partial charge < -0.3 is 5.32 Å². The lowest BCUT2D eigenvalue weighted by atomic mass is 10.1. The molecule has 0 atom stereocenters. The molecule has 1 aromatic heterocycles. The van der Waals surface area contributed by atoms with Gasteiger partial charge in [0, 0.05) is 17.4 Å². The van der Waals surface area contributed by atoms with Crippen molar-refractivity contribution in [3.05, 3.63) is 94.3 Å². The molecule has 146 valence electrons. The highest BCUT2D eigenvalue weighted by Gasteiger charge is 2.15. The smallest absolute Gasteiger partial charge is 0.273 e. The number of carbonyl (C=O) groups excluding carboxylic acids is 2. The fraction of sp³-hybridized carbons (Fsp3) is 0.0909. The molecule has 0 aliphatic rings. The van der Waals surface area contributed by atoms with Crippen molar-refractivity contribution in [2.75, 3.05) is 5.32 Å². The van der Waals surface area contributed by atoms with E-state index >= 15 is 0 Å². The van der Waals surface area contributed by atoms with E-state index in [0.29, 0.717) is 22.0 Å². The van der Waals surface area contributed by atoms with Gasteiger partial charge in [-0.3, -0.25) is 14.6 Å². The van der Waals surface area contributed by atoms with Crippen molar-refractivity contribution < 1.29 is 9.59 Å². The number of benzene rings is 2. The Labute approximate surface area is 173 Å². The van der Waals surface area contributed by atoms with Crippen molar-refractivity contribution in [3.63, 3.8) is 0 Å². The third-order valence-electron chi connectivity index (χ3n) is 4.19. The number of anilines is 1. The first kappa shape index (κ1) is 20.2. The van der Waals surface area contributed by atoms with Crippen LogP contribution in [0.2, 0.25) is 5.02 Å². The second kappa shape index (κ2) is 9.12. The fourth-order valence-electron chi connectivity index (χ4n) is 2.56. The molecular formula is C22H19ClN4O2. The summed E-state index contributed by atoms with van der Waals surface area (Å²) in [7, 11) is 0. The first-order valence-corrected chi connectivity index (χ1v) is 9.24. The summed E-state index contributed by atoms with van der Waals surface area (Å²) >= 11 is 6.05. The van der Waals surface area contributed by atoms with Gasteiger partial charge in [0.25, 0.3) is 11.8 Å². The molecule has 0 saturated heterocycles. The monoisotopic (exact) mass is 406 g/mol. The molecule has 6 nitrogen and oxygen atoms in total. The average molecular weight is 407 g/mol. The van der Waals surface area contributed by atoms with Crippen LogP contribution in [0, 0.1) is 6.92 Å². The minimum Gasteiger partial charge on any atom is -0.321 e. The predicted octanol–water partition coefficient (Wildman–Crippen LogP) is 4.45. The number of hydrazone groups is 1. The van der Waals surface area contributed by atoms with Crippen LogP contribution in [0.1, 0.15) is 38.8 Å². The zero-order valence-electron chi connectivity index (χ0n) is 15.9. The number of aromatic nitrogens is 1. The van der Waals surface area contributed by atoms with Gasteiger partial charge in [-0.1, -0.05) is 41.4 Å². The second-order valence-corrected chi connectivity index (χ2v) is 6.83. The van der Waals surface area contributed by atoms with Crippen molar-refractivity contribution in [3.8, 4) is 0 Å². The lowest BCUT2D eigenvalue weighted by molar-refractivity contribution is 0.0955. The van der Waals surface area contributed by atoms with E-state index in [1.165, 1.54) is 12.3 Å². The van der Waals surface area contributed by atoms with Crippen molar-refractivity contribution in [2.45, 2.75) is 13.8 Å². The molecule has 0 bridgehead atoms. The van der Waals surface area contributed by atoms with Crippen LogP contribution >= 0.6 is 11.6 Å². The Balaban J connectivity index is 1.79. The molecule has 0 saturated carbocycles. The molecule has 0 radical (unpaired) electrons. The molecule has 7 heteroatoms. The quantitative estimate of drug-likeness (QED) is 0.485. The lowest BCUT2D eigenvalue weighted by Crippen LogP contribution is -2.22. The van der Waals surface area contributed by atoms with Crippen molar-refractivity contribution in [2.24, 2.45) is 5.10 Å². The summed E-state index contributed by atoms with van der Waals surface area (Å²) in [6.07, 6.45) is 3.02.